The lowest BCUT2D eigenvalue weighted by Gasteiger charge is -2.22. The van der Waals surface area contributed by atoms with Gasteiger partial charge in [0.05, 0.1) is 5.39 Å². The summed E-state index contributed by atoms with van der Waals surface area (Å²) in [6.45, 7) is -0.639. The molecule has 1 aliphatic rings. The predicted octanol–water partition coefficient (Wildman–Crippen LogP) is 1.50. The van der Waals surface area contributed by atoms with Crippen LogP contribution in [-0.2, 0) is 11.8 Å². The summed E-state index contributed by atoms with van der Waals surface area (Å²) in [4.78, 5) is 39.6. The van der Waals surface area contributed by atoms with E-state index in [2.05, 4.69) is 10.3 Å². The van der Waals surface area contributed by atoms with Gasteiger partial charge in [-0.25, -0.2) is 4.98 Å². The molecule has 2 aromatic heterocycles. The maximum Gasteiger partial charge on any atom is 0.322 e. The van der Waals surface area contributed by atoms with Crippen LogP contribution in [0.3, 0.4) is 0 Å². The molecule has 8 nitrogen and oxygen atoms in total. The van der Waals surface area contributed by atoms with Gasteiger partial charge in [0, 0.05) is 13.2 Å². The summed E-state index contributed by atoms with van der Waals surface area (Å²) in [5, 5.41) is 21.7. The summed E-state index contributed by atoms with van der Waals surface area (Å²) in [5.41, 5.74) is 0.0598. The molecule has 0 aromatic carbocycles. The summed E-state index contributed by atoms with van der Waals surface area (Å²) in [6.07, 6.45) is 7.32. The van der Waals surface area contributed by atoms with E-state index in [1.807, 2.05) is 0 Å². The highest BCUT2D eigenvalue weighted by Gasteiger charge is 2.24. The number of carboxylic acid groups (broad SMARTS) is 1. The Bertz CT molecular complexity index is 929. The van der Waals surface area contributed by atoms with Gasteiger partial charge in [0.25, 0.3) is 11.5 Å². The molecule has 138 valence electrons. The first-order valence-electron chi connectivity index (χ1n) is 8.61. The molecule has 8 heteroatoms. The Kier molecular flexibility index (Phi) is 4.92. The number of amides is 1. The highest BCUT2D eigenvalue weighted by molar-refractivity contribution is 6.02. The third kappa shape index (κ3) is 3.26. The topological polar surface area (TPSA) is 122 Å². The van der Waals surface area contributed by atoms with Crippen molar-refractivity contribution in [2.24, 2.45) is 7.05 Å². The molecule has 3 rings (SSSR count). The van der Waals surface area contributed by atoms with Gasteiger partial charge in [0.15, 0.2) is 0 Å². The molecule has 1 aliphatic carbocycles. The molecule has 3 N–H and O–H groups in total. The minimum absolute atomic E-state index is 0.279. The Balaban J connectivity index is 2.09. The smallest absolute Gasteiger partial charge is 0.322 e. The largest absolute Gasteiger partial charge is 0.506 e. The second-order valence-corrected chi connectivity index (χ2v) is 6.64. The number of aliphatic carboxylic acids is 1. The molecular weight excluding hydrogens is 338 g/mol. The van der Waals surface area contributed by atoms with E-state index >= 15 is 0 Å². The molecule has 1 saturated carbocycles. The number of fused-ring (bicyclic) bond motifs is 1. The lowest BCUT2D eigenvalue weighted by atomic mass is 9.84. The number of pyridine rings is 2. The Morgan fingerprint density at radius 1 is 1.31 bits per heavy atom. The first-order chi connectivity index (χ1) is 12.4. The normalized spacial score (nSPS) is 15.1. The van der Waals surface area contributed by atoms with Crippen molar-refractivity contribution in [3.63, 3.8) is 0 Å². The Hall–Kier alpha value is -2.90. The van der Waals surface area contributed by atoms with Gasteiger partial charge in [-0.15, -0.1) is 0 Å². The molecular formula is C18H21N3O5. The second-order valence-electron chi connectivity index (χ2n) is 6.64. The van der Waals surface area contributed by atoms with E-state index < -0.39 is 35.3 Å². The van der Waals surface area contributed by atoms with Crippen molar-refractivity contribution in [2.75, 3.05) is 6.54 Å². The monoisotopic (exact) mass is 359 g/mol. The zero-order valence-electron chi connectivity index (χ0n) is 14.5. The summed E-state index contributed by atoms with van der Waals surface area (Å²) in [7, 11) is 1.46. The minimum atomic E-state index is -1.24. The van der Waals surface area contributed by atoms with Crippen molar-refractivity contribution in [1.29, 1.82) is 0 Å². The summed E-state index contributed by atoms with van der Waals surface area (Å²) < 4.78 is 1.19. The zero-order valence-corrected chi connectivity index (χ0v) is 14.5. The quantitative estimate of drug-likeness (QED) is 0.760. The number of aromatic hydroxyl groups is 1. The fraction of sp³-hybridized carbons (Fsp3) is 0.444. The van der Waals surface area contributed by atoms with Crippen LogP contribution in [0.15, 0.2) is 17.1 Å². The molecule has 0 aliphatic heterocycles. The fourth-order valence-corrected chi connectivity index (χ4v) is 3.52. The van der Waals surface area contributed by atoms with E-state index in [9.17, 15) is 19.5 Å². The third-order valence-corrected chi connectivity index (χ3v) is 4.92. The molecule has 0 atom stereocenters. The first-order valence-corrected chi connectivity index (χ1v) is 8.61. The standard InChI is InChI=1S/C18H21N3O5/c1-21-16-12(7-11(8-19-16)10-5-3-2-4-6-10)15(24)14(18(21)26)17(25)20-9-13(22)23/h7-8,10,24H,2-6,9H2,1H3,(H,20,25)(H,22,23). The van der Waals surface area contributed by atoms with Gasteiger partial charge < -0.3 is 15.5 Å². The number of hydrogen-bond donors (Lipinski definition) is 3. The Labute approximate surface area is 149 Å². The van der Waals surface area contributed by atoms with Crippen LogP contribution >= 0.6 is 0 Å². The lowest BCUT2D eigenvalue weighted by molar-refractivity contribution is -0.135. The third-order valence-electron chi connectivity index (χ3n) is 4.92. The summed E-state index contributed by atoms with van der Waals surface area (Å²) >= 11 is 0. The average molecular weight is 359 g/mol. The maximum atomic E-state index is 12.4. The second kappa shape index (κ2) is 7.15. The van der Waals surface area contributed by atoms with E-state index in [1.165, 1.54) is 18.0 Å². The van der Waals surface area contributed by atoms with Crippen LogP contribution in [0.5, 0.6) is 5.75 Å². The van der Waals surface area contributed by atoms with Gasteiger partial charge in [0.1, 0.15) is 23.5 Å². The number of nitrogens with one attached hydrogen (secondary N) is 1. The number of rotatable bonds is 4. The number of carbonyl (C=O) groups is 2. The number of aryl methyl sites for hydroxylation is 1. The van der Waals surface area contributed by atoms with E-state index in [4.69, 9.17) is 5.11 Å². The molecule has 0 saturated heterocycles. The molecule has 1 fully saturated rings. The predicted molar refractivity (Wildman–Crippen MR) is 94.4 cm³/mol. The van der Waals surface area contributed by atoms with Crippen molar-refractivity contribution < 1.29 is 19.8 Å². The molecule has 2 heterocycles. The van der Waals surface area contributed by atoms with Crippen LogP contribution in [0.2, 0.25) is 0 Å². The SMILES string of the molecule is Cn1c(=O)c(C(=O)NCC(=O)O)c(O)c2cc(C3CCCCC3)cnc21. The van der Waals surface area contributed by atoms with Crippen molar-refractivity contribution in [2.45, 2.75) is 38.0 Å². The molecule has 0 unspecified atom stereocenters. The van der Waals surface area contributed by atoms with Crippen molar-refractivity contribution in [3.05, 3.63) is 33.7 Å². The molecule has 2 aromatic rings. The van der Waals surface area contributed by atoms with Crippen molar-refractivity contribution >= 4 is 22.9 Å². The molecule has 0 bridgehead atoms. The van der Waals surface area contributed by atoms with Gasteiger partial charge in [-0.2, -0.15) is 0 Å². The van der Waals surface area contributed by atoms with Gasteiger partial charge in [-0.05, 0) is 30.4 Å². The van der Waals surface area contributed by atoms with Gasteiger partial charge >= 0.3 is 5.97 Å². The van der Waals surface area contributed by atoms with Crippen molar-refractivity contribution in [1.82, 2.24) is 14.9 Å². The average Bonchev–Trinajstić information content (AvgIpc) is 2.65. The molecule has 26 heavy (non-hydrogen) atoms. The zero-order chi connectivity index (χ0) is 18.8. The number of carboxylic acids is 1. The maximum absolute atomic E-state index is 12.4. The minimum Gasteiger partial charge on any atom is -0.506 e. The van der Waals surface area contributed by atoms with E-state index in [0.29, 0.717) is 11.3 Å². The van der Waals surface area contributed by atoms with Gasteiger partial charge in [-0.3, -0.25) is 19.0 Å². The highest BCUT2D eigenvalue weighted by atomic mass is 16.4. The van der Waals surface area contributed by atoms with Crippen LogP contribution in [0, 0.1) is 0 Å². The molecule has 0 radical (unpaired) electrons. The van der Waals surface area contributed by atoms with E-state index in [-0.39, 0.29) is 5.65 Å². The number of nitrogens with zero attached hydrogens (tertiary/aromatic N) is 2. The van der Waals surface area contributed by atoms with Crippen LogP contribution in [0.1, 0.15) is 53.9 Å². The number of aromatic nitrogens is 2. The highest BCUT2D eigenvalue weighted by Crippen LogP contribution is 2.35. The summed E-state index contributed by atoms with van der Waals surface area (Å²) in [6, 6.07) is 1.78. The van der Waals surface area contributed by atoms with Crippen LogP contribution < -0.4 is 10.9 Å². The molecule has 1 amide bonds. The number of hydrogen-bond acceptors (Lipinski definition) is 5. The Morgan fingerprint density at radius 2 is 2.00 bits per heavy atom. The lowest BCUT2D eigenvalue weighted by Crippen LogP contribution is -2.35. The Morgan fingerprint density at radius 3 is 2.65 bits per heavy atom. The number of carbonyl (C=O) groups excluding carboxylic acids is 1. The van der Waals surface area contributed by atoms with Gasteiger partial charge in [0.2, 0.25) is 0 Å². The molecule has 0 spiro atoms. The van der Waals surface area contributed by atoms with Gasteiger partial charge in [-0.1, -0.05) is 19.3 Å². The summed E-state index contributed by atoms with van der Waals surface area (Å²) in [5.74, 6) is -2.27. The fourth-order valence-electron chi connectivity index (χ4n) is 3.52. The van der Waals surface area contributed by atoms with Crippen LogP contribution in [0.25, 0.3) is 11.0 Å². The first kappa shape index (κ1) is 17.9. The van der Waals surface area contributed by atoms with E-state index in [0.717, 1.165) is 31.2 Å². The van der Waals surface area contributed by atoms with Crippen LogP contribution in [-0.4, -0.2) is 38.2 Å². The van der Waals surface area contributed by atoms with Crippen LogP contribution in [0.4, 0.5) is 0 Å². The van der Waals surface area contributed by atoms with E-state index in [1.54, 1.807) is 12.3 Å². The van der Waals surface area contributed by atoms with Crippen molar-refractivity contribution in [3.8, 4) is 5.75 Å².